The maximum absolute atomic E-state index is 14.4. The van der Waals surface area contributed by atoms with E-state index in [1.54, 1.807) is 0 Å². The van der Waals surface area contributed by atoms with Crippen LogP contribution in [0.2, 0.25) is 0 Å². The second-order valence-electron chi connectivity index (χ2n) is 8.50. The van der Waals surface area contributed by atoms with Gasteiger partial charge in [0.05, 0.1) is 11.4 Å². The molecule has 0 bridgehead atoms. The first-order valence-electron chi connectivity index (χ1n) is 11.2. The lowest BCUT2D eigenvalue weighted by molar-refractivity contribution is -0.0500. The second kappa shape index (κ2) is 11.3. The Hall–Kier alpha value is -3.14. The van der Waals surface area contributed by atoms with Gasteiger partial charge in [-0.05, 0) is 46.6 Å². The van der Waals surface area contributed by atoms with Crippen LogP contribution in [-0.4, -0.2) is 60.4 Å². The second-order valence-corrected chi connectivity index (χ2v) is 8.50. The van der Waals surface area contributed by atoms with Crippen LogP contribution in [0.5, 0.6) is 5.75 Å². The molecule has 7 nitrogen and oxygen atoms in total. The van der Waals surface area contributed by atoms with Crippen LogP contribution in [0.1, 0.15) is 37.7 Å². The number of nitrogens with zero attached hydrogens (tertiary/aromatic N) is 5. The smallest absolute Gasteiger partial charge is 0.387 e. The number of aryl methyl sites for hydroxylation is 1. The Morgan fingerprint density at radius 2 is 1.94 bits per heavy atom. The summed E-state index contributed by atoms with van der Waals surface area (Å²) in [6.07, 6.45) is 1.86. The highest BCUT2D eigenvalue weighted by molar-refractivity contribution is 5.66. The molecule has 3 rings (SSSR count). The molecule has 0 radical (unpaired) electrons. The zero-order chi connectivity index (χ0) is 24.8. The van der Waals surface area contributed by atoms with Gasteiger partial charge in [-0.1, -0.05) is 6.07 Å². The number of piperazine rings is 1. The number of alkyl halides is 2. The van der Waals surface area contributed by atoms with Crippen LogP contribution in [0.15, 0.2) is 28.9 Å². The van der Waals surface area contributed by atoms with Crippen LogP contribution in [0.3, 0.4) is 0 Å². The predicted molar refractivity (Wildman–Crippen MR) is 129 cm³/mol. The molecule has 0 aliphatic carbocycles. The Kier molecular flexibility index (Phi) is 8.49. The molecule has 34 heavy (non-hydrogen) atoms. The standard InChI is InChI=1S/C24H31F3N6O/c1-15(2)29-22-23(30-17(4)21(31-22)12-16(3)28-5)33-10-8-32(9-11-33)14-18-6-7-19(13-20(18)25)34-24(26)27/h6-7,12-13,15,24H,5,8-11,14H2,1-4H3,(H,29,31)/b16-12-. The molecule has 1 saturated heterocycles. The van der Waals surface area contributed by atoms with Gasteiger partial charge in [0, 0.05) is 56.1 Å². The van der Waals surface area contributed by atoms with Crippen LogP contribution < -0.4 is 15.0 Å². The van der Waals surface area contributed by atoms with Crippen LogP contribution in [-0.2, 0) is 6.54 Å². The highest BCUT2D eigenvalue weighted by Gasteiger charge is 2.23. The number of aromatic nitrogens is 2. The molecule has 10 heteroatoms. The average Bonchev–Trinajstić information content (AvgIpc) is 2.77. The third-order valence-corrected chi connectivity index (χ3v) is 5.42. The average molecular weight is 477 g/mol. The third kappa shape index (κ3) is 6.69. The minimum atomic E-state index is -2.98. The fourth-order valence-corrected chi connectivity index (χ4v) is 3.68. The number of benzene rings is 1. The zero-order valence-corrected chi connectivity index (χ0v) is 20.0. The van der Waals surface area contributed by atoms with E-state index in [2.05, 4.69) is 31.6 Å². The van der Waals surface area contributed by atoms with Crippen LogP contribution in [0, 0.1) is 12.7 Å². The van der Waals surface area contributed by atoms with E-state index in [4.69, 9.17) is 9.97 Å². The number of ether oxygens (including phenoxy) is 1. The van der Waals surface area contributed by atoms with Crippen molar-refractivity contribution in [1.82, 2.24) is 14.9 Å². The Morgan fingerprint density at radius 1 is 1.24 bits per heavy atom. The van der Waals surface area contributed by atoms with Gasteiger partial charge in [0.15, 0.2) is 11.6 Å². The molecule has 0 atom stereocenters. The van der Waals surface area contributed by atoms with E-state index in [1.165, 1.54) is 12.1 Å². The van der Waals surface area contributed by atoms with E-state index in [0.29, 0.717) is 44.1 Å². The minimum absolute atomic E-state index is 0.174. The lowest BCUT2D eigenvalue weighted by Gasteiger charge is -2.36. The summed E-state index contributed by atoms with van der Waals surface area (Å²) in [5, 5.41) is 3.39. The van der Waals surface area contributed by atoms with Crippen molar-refractivity contribution in [2.24, 2.45) is 4.99 Å². The Balaban J connectivity index is 1.71. The lowest BCUT2D eigenvalue weighted by Crippen LogP contribution is -2.46. The van der Waals surface area contributed by atoms with E-state index < -0.39 is 12.4 Å². The first kappa shape index (κ1) is 25.5. The van der Waals surface area contributed by atoms with Crippen molar-refractivity contribution >= 4 is 24.4 Å². The molecule has 1 aromatic carbocycles. The summed E-state index contributed by atoms with van der Waals surface area (Å²) in [5.74, 6) is 0.751. The van der Waals surface area contributed by atoms with Gasteiger partial charge in [-0.3, -0.25) is 9.89 Å². The maximum atomic E-state index is 14.4. The van der Waals surface area contributed by atoms with Gasteiger partial charge < -0.3 is 15.0 Å². The SMILES string of the molecule is C=N/C(C)=C\c1nc(NC(C)C)c(N2CCN(Cc3ccc(OC(F)F)cc3F)CC2)nc1C. The number of rotatable bonds is 9. The summed E-state index contributed by atoms with van der Waals surface area (Å²) in [6.45, 7) is 11.6. The summed E-state index contributed by atoms with van der Waals surface area (Å²) in [4.78, 5) is 17.9. The fourth-order valence-electron chi connectivity index (χ4n) is 3.68. The van der Waals surface area contributed by atoms with E-state index in [9.17, 15) is 13.2 Å². The Bertz CT molecular complexity index is 1040. The van der Waals surface area contributed by atoms with Crippen molar-refractivity contribution in [3.05, 3.63) is 46.7 Å². The van der Waals surface area contributed by atoms with E-state index >= 15 is 0 Å². The molecule has 0 unspecified atom stereocenters. The van der Waals surface area contributed by atoms with Gasteiger partial charge in [0.25, 0.3) is 0 Å². The molecule has 2 aromatic rings. The molecule has 184 valence electrons. The summed E-state index contributed by atoms with van der Waals surface area (Å²) in [6, 6.07) is 4.03. The number of allylic oxidation sites excluding steroid dienone is 1. The Labute approximate surface area is 198 Å². The summed E-state index contributed by atoms with van der Waals surface area (Å²) < 4.78 is 43.3. The van der Waals surface area contributed by atoms with Gasteiger partial charge in [0.1, 0.15) is 11.6 Å². The van der Waals surface area contributed by atoms with E-state index in [-0.39, 0.29) is 11.8 Å². The van der Waals surface area contributed by atoms with Crippen molar-refractivity contribution in [1.29, 1.82) is 0 Å². The summed E-state index contributed by atoms with van der Waals surface area (Å²) in [5.41, 5.74) is 2.73. The predicted octanol–water partition coefficient (Wildman–Crippen LogP) is 4.73. The molecule has 0 saturated carbocycles. The fraction of sp³-hybridized carbons (Fsp3) is 0.458. The molecule has 2 heterocycles. The molecular formula is C24H31F3N6O. The monoisotopic (exact) mass is 476 g/mol. The van der Waals surface area contributed by atoms with E-state index in [0.717, 1.165) is 29.0 Å². The van der Waals surface area contributed by atoms with Gasteiger partial charge in [-0.25, -0.2) is 14.4 Å². The molecule has 1 aliphatic heterocycles. The van der Waals surface area contributed by atoms with Crippen LogP contribution >= 0.6 is 0 Å². The zero-order valence-electron chi connectivity index (χ0n) is 20.0. The molecule has 1 aromatic heterocycles. The molecule has 1 aliphatic rings. The van der Waals surface area contributed by atoms with Crippen LogP contribution in [0.25, 0.3) is 6.08 Å². The normalized spacial score (nSPS) is 15.2. The number of hydrogen-bond acceptors (Lipinski definition) is 7. The lowest BCUT2D eigenvalue weighted by atomic mass is 10.1. The minimum Gasteiger partial charge on any atom is -0.435 e. The number of nitrogens with one attached hydrogen (secondary N) is 1. The number of aliphatic imine (C=N–C) groups is 1. The maximum Gasteiger partial charge on any atom is 0.387 e. The number of hydrogen-bond donors (Lipinski definition) is 1. The largest absolute Gasteiger partial charge is 0.435 e. The first-order chi connectivity index (χ1) is 16.2. The number of halogens is 3. The molecule has 1 fully saturated rings. The molecule has 0 amide bonds. The topological polar surface area (TPSA) is 65.9 Å². The van der Waals surface area contributed by atoms with E-state index in [1.807, 2.05) is 33.8 Å². The van der Waals surface area contributed by atoms with Gasteiger partial charge in [0.2, 0.25) is 0 Å². The molecule has 0 spiro atoms. The summed E-state index contributed by atoms with van der Waals surface area (Å²) in [7, 11) is 0. The van der Waals surface area contributed by atoms with Crippen molar-refractivity contribution in [3.63, 3.8) is 0 Å². The highest BCUT2D eigenvalue weighted by Crippen LogP contribution is 2.27. The molecular weight excluding hydrogens is 445 g/mol. The van der Waals surface area contributed by atoms with Crippen LogP contribution in [0.4, 0.5) is 24.8 Å². The molecule has 1 N–H and O–H groups in total. The van der Waals surface area contributed by atoms with Gasteiger partial charge in [-0.2, -0.15) is 8.78 Å². The van der Waals surface area contributed by atoms with Crippen molar-refractivity contribution < 1.29 is 17.9 Å². The van der Waals surface area contributed by atoms with Crippen molar-refractivity contribution in [2.45, 2.75) is 46.9 Å². The Morgan fingerprint density at radius 3 is 2.53 bits per heavy atom. The third-order valence-electron chi connectivity index (χ3n) is 5.42. The highest BCUT2D eigenvalue weighted by atomic mass is 19.3. The number of anilines is 2. The van der Waals surface area contributed by atoms with Gasteiger partial charge >= 0.3 is 6.61 Å². The van der Waals surface area contributed by atoms with Crippen molar-refractivity contribution in [3.8, 4) is 5.75 Å². The van der Waals surface area contributed by atoms with Crippen molar-refractivity contribution in [2.75, 3.05) is 36.4 Å². The summed E-state index contributed by atoms with van der Waals surface area (Å²) >= 11 is 0. The quantitative estimate of drug-likeness (QED) is 0.528. The first-order valence-corrected chi connectivity index (χ1v) is 11.2. The van der Waals surface area contributed by atoms with Gasteiger partial charge in [-0.15, -0.1) is 0 Å².